The van der Waals surface area contributed by atoms with Crippen molar-refractivity contribution in [1.82, 2.24) is 4.98 Å². The molecule has 0 atom stereocenters. The molecule has 0 unspecified atom stereocenters. The zero-order valence-electron chi connectivity index (χ0n) is 12.0. The summed E-state index contributed by atoms with van der Waals surface area (Å²) in [5.74, 6) is 0.126. The maximum Gasteiger partial charge on any atom is 0.247 e. The third-order valence-corrected chi connectivity index (χ3v) is 3.90. The molecule has 1 aromatic carbocycles. The van der Waals surface area contributed by atoms with Crippen molar-refractivity contribution in [3.63, 3.8) is 0 Å². The molecule has 0 aliphatic carbocycles. The van der Waals surface area contributed by atoms with Crippen molar-refractivity contribution in [1.29, 1.82) is 0 Å². The molecule has 0 fully saturated rings. The number of rotatable bonds is 6. The summed E-state index contributed by atoms with van der Waals surface area (Å²) >= 11 is 0. The predicted octanol–water partition coefficient (Wildman–Crippen LogP) is 1.82. The maximum absolute atomic E-state index is 12.3. The fraction of sp³-hybridized carbons (Fsp3) is 0.267. The molecule has 1 N–H and O–H groups in total. The topological polar surface area (TPSA) is 76.2 Å². The standard InChI is InChI=1S/C15H16FNO4S/c1-22(19,20)9-13-7-14(21-10-16)4-3-12(13)6-11-2-5-15(18)17-8-11/h2-5,7-8H,6,9-10H2,1H3,(H,17,18). The number of H-pyrrole nitrogens is 1. The van der Waals surface area contributed by atoms with Crippen molar-refractivity contribution in [3.8, 4) is 5.75 Å². The number of sulfone groups is 1. The van der Waals surface area contributed by atoms with E-state index in [9.17, 15) is 17.6 Å². The van der Waals surface area contributed by atoms with Gasteiger partial charge in [-0.2, -0.15) is 0 Å². The fourth-order valence-corrected chi connectivity index (χ4v) is 2.95. The summed E-state index contributed by atoms with van der Waals surface area (Å²) in [6.45, 7) is -0.975. The second-order valence-corrected chi connectivity index (χ2v) is 7.13. The normalized spacial score (nSPS) is 11.4. The van der Waals surface area contributed by atoms with Crippen molar-refractivity contribution in [3.05, 3.63) is 63.6 Å². The predicted molar refractivity (Wildman–Crippen MR) is 81.5 cm³/mol. The molecule has 0 spiro atoms. The highest BCUT2D eigenvalue weighted by molar-refractivity contribution is 7.89. The third-order valence-electron chi connectivity index (χ3n) is 3.06. The molecule has 5 nitrogen and oxygen atoms in total. The summed E-state index contributed by atoms with van der Waals surface area (Å²) in [6.07, 6.45) is 3.18. The first-order valence-electron chi connectivity index (χ1n) is 6.53. The number of hydrogen-bond acceptors (Lipinski definition) is 4. The fourth-order valence-electron chi connectivity index (χ4n) is 2.12. The van der Waals surface area contributed by atoms with Gasteiger partial charge in [-0.3, -0.25) is 4.79 Å². The van der Waals surface area contributed by atoms with Gasteiger partial charge in [-0.1, -0.05) is 12.1 Å². The number of halogens is 1. The second-order valence-electron chi connectivity index (χ2n) is 4.99. The molecule has 0 radical (unpaired) electrons. The number of nitrogens with one attached hydrogen (secondary N) is 1. The van der Waals surface area contributed by atoms with E-state index in [1.54, 1.807) is 24.4 Å². The van der Waals surface area contributed by atoms with E-state index < -0.39 is 16.7 Å². The van der Waals surface area contributed by atoms with Crippen molar-refractivity contribution in [2.75, 3.05) is 13.1 Å². The molecule has 2 aromatic rings. The van der Waals surface area contributed by atoms with Gasteiger partial charge in [0.25, 0.3) is 0 Å². The highest BCUT2D eigenvalue weighted by Crippen LogP contribution is 2.22. The molecule has 0 saturated heterocycles. The van der Waals surface area contributed by atoms with Crippen LogP contribution in [0.2, 0.25) is 0 Å². The van der Waals surface area contributed by atoms with Gasteiger partial charge in [0.1, 0.15) is 5.75 Å². The summed E-state index contributed by atoms with van der Waals surface area (Å²) in [7, 11) is -3.24. The van der Waals surface area contributed by atoms with Crippen LogP contribution in [0.3, 0.4) is 0 Å². The van der Waals surface area contributed by atoms with Crippen molar-refractivity contribution >= 4 is 9.84 Å². The molecule has 0 aliphatic rings. The summed E-state index contributed by atoms with van der Waals surface area (Å²) in [6, 6.07) is 7.91. The van der Waals surface area contributed by atoms with E-state index in [0.29, 0.717) is 12.0 Å². The van der Waals surface area contributed by atoms with Gasteiger partial charge in [-0.05, 0) is 35.2 Å². The molecular weight excluding hydrogens is 309 g/mol. The van der Waals surface area contributed by atoms with Crippen molar-refractivity contribution in [2.45, 2.75) is 12.2 Å². The lowest BCUT2D eigenvalue weighted by Gasteiger charge is -2.11. The number of hydrogen-bond donors (Lipinski definition) is 1. The number of alkyl halides is 1. The Morgan fingerprint density at radius 2 is 1.95 bits per heavy atom. The molecule has 1 heterocycles. The van der Waals surface area contributed by atoms with Gasteiger partial charge in [-0.15, -0.1) is 0 Å². The molecule has 1 aromatic heterocycles. The molecule has 0 amide bonds. The molecule has 22 heavy (non-hydrogen) atoms. The van der Waals surface area contributed by atoms with Crippen LogP contribution in [0, 0.1) is 0 Å². The van der Waals surface area contributed by atoms with Crippen LogP contribution in [0.4, 0.5) is 4.39 Å². The highest BCUT2D eigenvalue weighted by atomic mass is 32.2. The lowest BCUT2D eigenvalue weighted by Crippen LogP contribution is -2.07. The Hall–Kier alpha value is -2.15. The van der Waals surface area contributed by atoms with Crippen LogP contribution in [0.15, 0.2) is 41.3 Å². The number of benzene rings is 1. The van der Waals surface area contributed by atoms with Gasteiger partial charge in [0.15, 0.2) is 9.84 Å². The highest BCUT2D eigenvalue weighted by Gasteiger charge is 2.12. The van der Waals surface area contributed by atoms with E-state index in [2.05, 4.69) is 4.98 Å². The first-order chi connectivity index (χ1) is 10.4. The first kappa shape index (κ1) is 16.2. The monoisotopic (exact) mass is 325 g/mol. The molecule has 0 bridgehead atoms. The summed E-state index contributed by atoms with van der Waals surface area (Å²) in [5, 5.41) is 0. The van der Waals surface area contributed by atoms with Crippen LogP contribution in [0.5, 0.6) is 5.75 Å². The van der Waals surface area contributed by atoms with Crippen LogP contribution in [-0.2, 0) is 22.0 Å². The SMILES string of the molecule is CS(=O)(=O)Cc1cc(OCF)ccc1Cc1ccc(=O)[nH]c1. The Labute approximate surface area is 127 Å². The number of aromatic nitrogens is 1. The zero-order chi connectivity index (χ0) is 16.2. The molecule has 0 saturated carbocycles. The van der Waals surface area contributed by atoms with E-state index in [1.165, 1.54) is 12.1 Å². The smallest absolute Gasteiger partial charge is 0.247 e. The molecule has 118 valence electrons. The Kier molecular flexibility index (Phi) is 4.97. The van der Waals surface area contributed by atoms with Gasteiger partial charge in [0.05, 0.1) is 5.75 Å². The average Bonchev–Trinajstić information content (AvgIpc) is 2.43. The minimum absolute atomic E-state index is 0.158. The Morgan fingerprint density at radius 1 is 1.18 bits per heavy atom. The minimum atomic E-state index is -3.24. The van der Waals surface area contributed by atoms with Gasteiger partial charge in [0, 0.05) is 18.5 Å². The quantitative estimate of drug-likeness (QED) is 0.879. The largest absolute Gasteiger partial charge is 0.463 e. The van der Waals surface area contributed by atoms with Crippen LogP contribution in [-0.4, -0.2) is 26.5 Å². The van der Waals surface area contributed by atoms with E-state index in [4.69, 9.17) is 4.74 Å². The Morgan fingerprint density at radius 3 is 2.55 bits per heavy atom. The van der Waals surface area contributed by atoms with Crippen LogP contribution in [0.25, 0.3) is 0 Å². The zero-order valence-corrected chi connectivity index (χ0v) is 12.8. The Balaban J connectivity index is 2.35. The lowest BCUT2D eigenvalue weighted by atomic mass is 10.0. The van der Waals surface area contributed by atoms with Crippen LogP contribution in [0.1, 0.15) is 16.7 Å². The van der Waals surface area contributed by atoms with Crippen LogP contribution >= 0.6 is 0 Å². The number of pyridine rings is 1. The number of aromatic amines is 1. The van der Waals surface area contributed by atoms with Crippen molar-refractivity contribution in [2.24, 2.45) is 0 Å². The second kappa shape index (κ2) is 6.74. The summed E-state index contributed by atoms with van der Waals surface area (Å²) in [4.78, 5) is 13.6. The summed E-state index contributed by atoms with van der Waals surface area (Å²) in [5.41, 5.74) is 1.98. The molecule has 7 heteroatoms. The van der Waals surface area contributed by atoms with E-state index in [0.717, 1.165) is 17.4 Å². The van der Waals surface area contributed by atoms with E-state index in [1.807, 2.05) is 0 Å². The number of ether oxygens (including phenoxy) is 1. The van der Waals surface area contributed by atoms with Gasteiger partial charge in [-0.25, -0.2) is 12.8 Å². The van der Waals surface area contributed by atoms with Gasteiger partial charge < -0.3 is 9.72 Å². The van der Waals surface area contributed by atoms with E-state index in [-0.39, 0.29) is 17.1 Å². The minimum Gasteiger partial charge on any atom is -0.463 e. The summed E-state index contributed by atoms with van der Waals surface area (Å²) < 4.78 is 40.1. The maximum atomic E-state index is 12.3. The Bertz CT molecular complexity index is 794. The first-order valence-corrected chi connectivity index (χ1v) is 8.59. The third kappa shape index (κ3) is 4.70. The molecular formula is C15H16FNO4S. The van der Waals surface area contributed by atoms with Crippen LogP contribution < -0.4 is 10.3 Å². The van der Waals surface area contributed by atoms with Gasteiger partial charge >= 0.3 is 0 Å². The lowest BCUT2D eigenvalue weighted by molar-refractivity contribution is 0.191. The molecule has 2 rings (SSSR count). The van der Waals surface area contributed by atoms with Crippen molar-refractivity contribution < 1.29 is 17.5 Å². The van der Waals surface area contributed by atoms with Gasteiger partial charge in [0.2, 0.25) is 12.4 Å². The van der Waals surface area contributed by atoms with E-state index >= 15 is 0 Å². The average molecular weight is 325 g/mol. The molecule has 0 aliphatic heterocycles.